The lowest BCUT2D eigenvalue weighted by Crippen LogP contribution is -2.46. The summed E-state index contributed by atoms with van der Waals surface area (Å²) in [4.78, 5) is 47.0. The Kier molecular flexibility index (Phi) is 7.57. The Morgan fingerprint density at radius 2 is 1.88 bits per heavy atom. The zero-order chi connectivity index (χ0) is 24.0. The molecule has 34 heavy (non-hydrogen) atoms. The molecule has 2 fully saturated rings. The molecule has 0 saturated carbocycles. The second-order valence-electron chi connectivity index (χ2n) is 8.86. The van der Waals surface area contributed by atoms with Gasteiger partial charge in [0.1, 0.15) is 5.75 Å². The van der Waals surface area contributed by atoms with Crippen molar-refractivity contribution in [3.63, 3.8) is 0 Å². The van der Waals surface area contributed by atoms with E-state index in [0.717, 1.165) is 12.8 Å². The number of imide groups is 1. The van der Waals surface area contributed by atoms with Crippen molar-refractivity contribution < 1.29 is 23.9 Å². The number of likely N-dealkylation sites (tertiary alicyclic amines) is 2. The molecule has 4 rings (SSSR count). The van der Waals surface area contributed by atoms with Crippen LogP contribution in [0.4, 0.5) is 0 Å². The van der Waals surface area contributed by atoms with Gasteiger partial charge in [-0.1, -0.05) is 30.3 Å². The van der Waals surface area contributed by atoms with Crippen LogP contribution in [0.3, 0.4) is 0 Å². The highest BCUT2D eigenvalue weighted by Crippen LogP contribution is 2.40. The Balaban J connectivity index is 1.45. The van der Waals surface area contributed by atoms with Crippen LogP contribution in [0.25, 0.3) is 0 Å². The smallest absolute Gasteiger partial charge is 0.240 e. The Morgan fingerprint density at radius 3 is 2.56 bits per heavy atom. The summed E-state index contributed by atoms with van der Waals surface area (Å²) in [5.41, 5.74) is -0.458. The number of hydrogen-bond donors (Lipinski definition) is 0. The minimum atomic E-state index is -1.17. The van der Waals surface area contributed by atoms with Crippen LogP contribution >= 0.6 is 0 Å². The number of piperidine rings is 1. The molecule has 3 heterocycles. The first-order chi connectivity index (χ1) is 16.5. The molecular weight excluding hydrogens is 434 g/mol. The number of methoxy groups -OCH3 is 1. The summed E-state index contributed by atoms with van der Waals surface area (Å²) in [5.74, 6) is -0.00399. The molecule has 0 bridgehead atoms. The summed E-state index contributed by atoms with van der Waals surface area (Å²) < 4.78 is 11.1. The van der Waals surface area contributed by atoms with Gasteiger partial charge in [0.05, 0.1) is 24.3 Å². The van der Waals surface area contributed by atoms with Crippen molar-refractivity contribution in [2.75, 3.05) is 33.4 Å². The Bertz CT molecular complexity index is 992. The number of nitrogens with zero attached hydrogens (tertiary/aromatic N) is 3. The Morgan fingerprint density at radius 1 is 1.12 bits per heavy atom. The van der Waals surface area contributed by atoms with E-state index >= 15 is 0 Å². The minimum Gasteiger partial charge on any atom is -0.492 e. The monoisotopic (exact) mass is 465 g/mol. The largest absolute Gasteiger partial charge is 0.492 e. The molecule has 1 aromatic heterocycles. The average molecular weight is 466 g/mol. The maximum Gasteiger partial charge on any atom is 0.240 e. The van der Waals surface area contributed by atoms with Crippen LogP contribution in [-0.2, 0) is 24.5 Å². The third kappa shape index (κ3) is 5.12. The first-order valence-corrected chi connectivity index (χ1v) is 11.8. The molecule has 0 radical (unpaired) electrons. The molecule has 1 unspecified atom stereocenters. The number of ether oxygens (including phenoxy) is 2. The molecule has 8 nitrogen and oxygen atoms in total. The van der Waals surface area contributed by atoms with Crippen molar-refractivity contribution >= 4 is 17.7 Å². The molecule has 1 aromatic carbocycles. The molecule has 2 aliphatic heterocycles. The van der Waals surface area contributed by atoms with Crippen molar-refractivity contribution in [1.82, 2.24) is 14.8 Å². The topological polar surface area (TPSA) is 89.0 Å². The lowest BCUT2D eigenvalue weighted by Gasteiger charge is -2.34. The number of carbonyl (C=O) groups is 3. The second kappa shape index (κ2) is 10.8. The highest BCUT2D eigenvalue weighted by atomic mass is 16.5. The highest BCUT2D eigenvalue weighted by Gasteiger charge is 2.53. The molecule has 0 spiro atoms. The van der Waals surface area contributed by atoms with E-state index in [0.29, 0.717) is 37.4 Å². The van der Waals surface area contributed by atoms with Crippen molar-refractivity contribution in [2.24, 2.45) is 0 Å². The van der Waals surface area contributed by atoms with Crippen LogP contribution in [0.5, 0.6) is 5.75 Å². The molecular formula is C26H31N3O5. The third-order valence-electron chi connectivity index (χ3n) is 6.75. The number of pyridine rings is 1. The van der Waals surface area contributed by atoms with Crippen LogP contribution in [0, 0.1) is 0 Å². The number of hydrogen-bond acceptors (Lipinski definition) is 6. The van der Waals surface area contributed by atoms with Gasteiger partial charge in [0.15, 0.2) is 0 Å². The van der Waals surface area contributed by atoms with E-state index in [1.807, 2.05) is 30.3 Å². The van der Waals surface area contributed by atoms with Gasteiger partial charge in [0.25, 0.3) is 0 Å². The molecule has 0 aliphatic carbocycles. The molecule has 2 saturated heterocycles. The van der Waals surface area contributed by atoms with E-state index in [4.69, 9.17) is 9.47 Å². The molecule has 1 atom stereocenters. The van der Waals surface area contributed by atoms with Crippen LogP contribution in [0.2, 0.25) is 0 Å². The second-order valence-corrected chi connectivity index (χ2v) is 8.86. The van der Waals surface area contributed by atoms with Gasteiger partial charge in [-0.15, -0.1) is 0 Å². The predicted molar refractivity (Wildman–Crippen MR) is 125 cm³/mol. The van der Waals surface area contributed by atoms with Gasteiger partial charge in [-0.05, 0) is 37.0 Å². The maximum absolute atomic E-state index is 13.7. The van der Waals surface area contributed by atoms with Crippen LogP contribution in [0.15, 0.2) is 54.9 Å². The van der Waals surface area contributed by atoms with Crippen molar-refractivity contribution in [1.29, 1.82) is 0 Å². The average Bonchev–Trinajstić information content (AvgIpc) is 3.12. The first kappa shape index (κ1) is 23.9. The van der Waals surface area contributed by atoms with Crippen LogP contribution in [-0.4, -0.2) is 72.0 Å². The van der Waals surface area contributed by atoms with E-state index in [1.54, 1.807) is 36.5 Å². The molecule has 3 amide bonds. The highest BCUT2D eigenvalue weighted by molar-refractivity contribution is 6.10. The quantitative estimate of drug-likeness (QED) is 0.418. The SMILES string of the molecule is COC1CCN(C(=O)CC2(c3ccccc3)CC(=O)N(CCCOc3cccnc3)C2=O)CC1. The fourth-order valence-electron chi connectivity index (χ4n) is 4.81. The number of rotatable bonds is 9. The van der Waals surface area contributed by atoms with Gasteiger partial charge < -0.3 is 14.4 Å². The van der Waals surface area contributed by atoms with E-state index in [1.165, 1.54) is 4.90 Å². The summed E-state index contributed by atoms with van der Waals surface area (Å²) in [6.45, 7) is 1.80. The van der Waals surface area contributed by atoms with Crippen molar-refractivity contribution in [3.8, 4) is 5.75 Å². The normalized spacial score (nSPS) is 21.2. The molecule has 2 aliphatic rings. The van der Waals surface area contributed by atoms with Crippen molar-refractivity contribution in [3.05, 3.63) is 60.4 Å². The zero-order valence-corrected chi connectivity index (χ0v) is 19.5. The van der Waals surface area contributed by atoms with Gasteiger partial charge >= 0.3 is 0 Å². The van der Waals surface area contributed by atoms with Gasteiger partial charge in [-0.2, -0.15) is 0 Å². The lowest BCUT2D eigenvalue weighted by molar-refractivity contribution is -0.143. The van der Waals surface area contributed by atoms with E-state index in [2.05, 4.69) is 4.98 Å². The van der Waals surface area contributed by atoms with Crippen molar-refractivity contribution in [2.45, 2.75) is 43.6 Å². The first-order valence-electron chi connectivity index (χ1n) is 11.8. The summed E-state index contributed by atoms with van der Waals surface area (Å²) in [6.07, 6.45) is 5.47. The van der Waals surface area contributed by atoms with Crippen LogP contribution in [0.1, 0.15) is 37.7 Å². The Hall–Kier alpha value is -3.26. The van der Waals surface area contributed by atoms with Gasteiger partial charge in [-0.3, -0.25) is 24.3 Å². The molecule has 2 aromatic rings. The standard InChI is InChI=1S/C26H31N3O5/c1-33-21-10-14-28(15-11-21)23(30)17-26(20-7-3-2-4-8-20)18-24(31)29(25(26)32)13-6-16-34-22-9-5-12-27-19-22/h2-5,7-9,12,19,21H,6,10-11,13-18H2,1H3. The number of aromatic nitrogens is 1. The fourth-order valence-corrected chi connectivity index (χ4v) is 4.81. The van der Waals surface area contributed by atoms with E-state index < -0.39 is 5.41 Å². The lowest BCUT2D eigenvalue weighted by atomic mass is 9.75. The van der Waals surface area contributed by atoms with E-state index in [-0.39, 0.29) is 43.2 Å². The number of carbonyl (C=O) groups excluding carboxylic acids is 3. The Labute approximate surface area is 199 Å². The van der Waals surface area contributed by atoms with Gasteiger partial charge in [0.2, 0.25) is 17.7 Å². The molecule has 180 valence electrons. The number of benzene rings is 1. The molecule has 8 heteroatoms. The minimum absolute atomic E-state index is 0.000412. The summed E-state index contributed by atoms with van der Waals surface area (Å²) in [6, 6.07) is 12.8. The van der Waals surface area contributed by atoms with Gasteiger partial charge in [0, 0.05) is 45.8 Å². The van der Waals surface area contributed by atoms with E-state index in [9.17, 15) is 14.4 Å². The maximum atomic E-state index is 13.7. The summed E-state index contributed by atoms with van der Waals surface area (Å²) in [7, 11) is 1.69. The zero-order valence-electron chi connectivity index (χ0n) is 19.5. The third-order valence-corrected chi connectivity index (χ3v) is 6.75. The van der Waals surface area contributed by atoms with Gasteiger partial charge in [-0.25, -0.2) is 0 Å². The number of amides is 3. The predicted octanol–water partition coefficient (Wildman–Crippen LogP) is 2.57. The molecule has 0 N–H and O–H groups in total. The fraction of sp³-hybridized carbons (Fsp3) is 0.462. The summed E-state index contributed by atoms with van der Waals surface area (Å²) >= 11 is 0. The summed E-state index contributed by atoms with van der Waals surface area (Å²) in [5, 5.41) is 0. The van der Waals surface area contributed by atoms with Crippen LogP contribution < -0.4 is 4.74 Å².